The Morgan fingerprint density at radius 3 is 2.81 bits per heavy atom. The molecule has 0 saturated carbocycles. The fourth-order valence-corrected chi connectivity index (χ4v) is 4.62. The Morgan fingerprint density at radius 1 is 1.11 bits per heavy atom. The van der Waals surface area contributed by atoms with Crippen molar-refractivity contribution in [2.75, 3.05) is 23.7 Å². The predicted octanol–water partition coefficient (Wildman–Crippen LogP) is 3.41. The number of benzene rings is 2. The van der Waals surface area contributed by atoms with Gasteiger partial charge in [0.1, 0.15) is 18.0 Å². The number of carbonyl (C=O) groups excluding carboxylic acids is 1. The largest absolute Gasteiger partial charge is 0.384 e. The molecular formula is C22H22N4O. The summed E-state index contributed by atoms with van der Waals surface area (Å²) in [6.07, 6.45) is 5.53. The van der Waals surface area contributed by atoms with Gasteiger partial charge in [0.15, 0.2) is 5.78 Å². The number of anilines is 2. The Bertz CT molecular complexity index is 1040. The van der Waals surface area contributed by atoms with E-state index in [1.54, 1.807) is 6.07 Å². The molecule has 0 spiro atoms. The Morgan fingerprint density at radius 2 is 1.96 bits per heavy atom. The van der Waals surface area contributed by atoms with Crippen molar-refractivity contribution in [3.63, 3.8) is 0 Å². The van der Waals surface area contributed by atoms with Gasteiger partial charge in [0.2, 0.25) is 0 Å². The smallest absolute Gasteiger partial charge is 0.168 e. The number of ketones is 1. The molecule has 0 radical (unpaired) electrons. The van der Waals surface area contributed by atoms with Crippen LogP contribution in [0.15, 0.2) is 42.7 Å². The zero-order valence-corrected chi connectivity index (χ0v) is 15.2. The molecule has 27 heavy (non-hydrogen) atoms. The molecule has 136 valence electrons. The molecule has 0 bridgehead atoms. The maximum absolute atomic E-state index is 13.4. The van der Waals surface area contributed by atoms with Crippen LogP contribution < -0.4 is 10.6 Å². The average Bonchev–Trinajstić information content (AvgIpc) is 3.13. The van der Waals surface area contributed by atoms with Gasteiger partial charge in [0, 0.05) is 30.6 Å². The third-order valence-corrected chi connectivity index (χ3v) is 5.93. The molecular weight excluding hydrogens is 336 g/mol. The van der Waals surface area contributed by atoms with Gasteiger partial charge in [-0.2, -0.15) is 0 Å². The van der Waals surface area contributed by atoms with Gasteiger partial charge in [-0.25, -0.2) is 9.97 Å². The Hall–Kier alpha value is -2.95. The molecule has 1 saturated heterocycles. The van der Waals surface area contributed by atoms with Gasteiger partial charge in [-0.15, -0.1) is 0 Å². The first kappa shape index (κ1) is 16.2. The molecule has 5 heteroatoms. The van der Waals surface area contributed by atoms with Crippen LogP contribution >= 0.6 is 0 Å². The molecule has 1 aliphatic carbocycles. The van der Waals surface area contributed by atoms with E-state index in [9.17, 15) is 4.79 Å². The molecule has 3 aromatic rings. The van der Waals surface area contributed by atoms with Crippen molar-refractivity contribution >= 4 is 28.2 Å². The summed E-state index contributed by atoms with van der Waals surface area (Å²) in [4.78, 5) is 23.9. The van der Waals surface area contributed by atoms with E-state index >= 15 is 0 Å². The summed E-state index contributed by atoms with van der Waals surface area (Å²) in [6.45, 7) is 1.57. The number of hydrogen-bond donors (Lipinski definition) is 1. The van der Waals surface area contributed by atoms with Crippen LogP contribution in [0.4, 0.5) is 11.6 Å². The van der Waals surface area contributed by atoms with E-state index < -0.39 is 0 Å². The zero-order valence-electron chi connectivity index (χ0n) is 15.2. The van der Waals surface area contributed by atoms with Crippen molar-refractivity contribution < 1.29 is 4.79 Å². The highest BCUT2D eigenvalue weighted by Gasteiger charge is 2.29. The van der Waals surface area contributed by atoms with E-state index in [4.69, 9.17) is 5.73 Å². The third-order valence-electron chi connectivity index (χ3n) is 5.93. The number of nitrogen functional groups attached to an aromatic ring is 1. The summed E-state index contributed by atoms with van der Waals surface area (Å²) in [6, 6.07) is 12.3. The maximum Gasteiger partial charge on any atom is 0.168 e. The Labute approximate surface area is 158 Å². The van der Waals surface area contributed by atoms with Crippen molar-refractivity contribution in [3.05, 3.63) is 59.4 Å². The molecule has 2 aromatic carbocycles. The quantitative estimate of drug-likeness (QED) is 0.727. The van der Waals surface area contributed by atoms with Gasteiger partial charge < -0.3 is 10.6 Å². The summed E-state index contributed by atoms with van der Waals surface area (Å²) in [5, 5.41) is 2.43. The lowest BCUT2D eigenvalue weighted by Gasteiger charge is -2.33. The molecule has 1 fully saturated rings. The summed E-state index contributed by atoms with van der Waals surface area (Å²) in [5.74, 6) is 1.49. The van der Waals surface area contributed by atoms with E-state index in [1.807, 2.05) is 6.07 Å². The molecule has 1 unspecified atom stereocenters. The molecule has 2 aliphatic rings. The van der Waals surface area contributed by atoms with Crippen LogP contribution in [0.25, 0.3) is 10.8 Å². The van der Waals surface area contributed by atoms with Gasteiger partial charge in [0.05, 0.1) is 0 Å². The second kappa shape index (κ2) is 6.34. The monoisotopic (exact) mass is 358 g/mol. The first-order chi connectivity index (χ1) is 13.2. The highest BCUT2D eigenvalue weighted by molar-refractivity contribution is 6.11. The lowest BCUT2D eigenvalue weighted by molar-refractivity contribution is 0.0909. The fraction of sp³-hybridized carbons (Fsp3) is 0.318. The van der Waals surface area contributed by atoms with E-state index in [2.05, 4.69) is 39.1 Å². The normalized spacial score (nSPS) is 18.8. The van der Waals surface area contributed by atoms with E-state index in [1.165, 1.54) is 22.8 Å². The van der Waals surface area contributed by atoms with Crippen molar-refractivity contribution in [1.82, 2.24) is 9.97 Å². The van der Waals surface area contributed by atoms with Crippen LogP contribution in [-0.4, -0.2) is 28.8 Å². The second-order valence-electron chi connectivity index (χ2n) is 7.56. The predicted molar refractivity (Wildman–Crippen MR) is 107 cm³/mol. The van der Waals surface area contributed by atoms with Crippen molar-refractivity contribution in [2.45, 2.75) is 25.7 Å². The summed E-state index contributed by atoms with van der Waals surface area (Å²) in [5.41, 5.74) is 9.42. The van der Waals surface area contributed by atoms with E-state index in [0.717, 1.165) is 49.0 Å². The molecule has 5 rings (SSSR count). The van der Waals surface area contributed by atoms with Crippen LogP contribution in [0, 0.1) is 5.92 Å². The van der Waals surface area contributed by atoms with E-state index in [0.29, 0.717) is 12.4 Å². The first-order valence-corrected chi connectivity index (χ1v) is 9.61. The van der Waals surface area contributed by atoms with Crippen LogP contribution in [0.3, 0.4) is 0 Å². The minimum absolute atomic E-state index is 0.0200. The Balaban J connectivity index is 1.47. The molecule has 1 aromatic heterocycles. The zero-order chi connectivity index (χ0) is 18.4. The number of hydrogen-bond acceptors (Lipinski definition) is 5. The molecule has 0 amide bonds. The van der Waals surface area contributed by atoms with Crippen molar-refractivity contribution in [3.8, 4) is 0 Å². The number of nitrogens with two attached hydrogens (primary N) is 1. The number of aromatic nitrogens is 2. The number of piperidine rings is 1. The van der Waals surface area contributed by atoms with Crippen LogP contribution in [0.1, 0.15) is 34.3 Å². The van der Waals surface area contributed by atoms with Gasteiger partial charge in [0.25, 0.3) is 0 Å². The number of nitrogens with zero attached hydrogens (tertiary/aromatic N) is 3. The van der Waals surface area contributed by atoms with Crippen LogP contribution in [-0.2, 0) is 12.8 Å². The van der Waals surface area contributed by atoms with Gasteiger partial charge in [-0.05, 0) is 47.6 Å². The number of Topliss-reactive ketones (excluding diaryl/α,β-unsaturated/α-hetero) is 1. The average molecular weight is 358 g/mol. The van der Waals surface area contributed by atoms with Crippen LogP contribution in [0.2, 0.25) is 0 Å². The van der Waals surface area contributed by atoms with Crippen LogP contribution in [0.5, 0.6) is 0 Å². The first-order valence-electron chi connectivity index (χ1n) is 9.61. The number of aryl methyl sites for hydroxylation is 2. The van der Waals surface area contributed by atoms with Gasteiger partial charge >= 0.3 is 0 Å². The minimum Gasteiger partial charge on any atom is -0.384 e. The van der Waals surface area contributed by atoms with E-state index in [-0.39, 0.29) is 11.7 Å². The molecule has 2 N–H and O–H groups in total. The molecule has 2 heterocycles. The maximum atomic E-state index is 13.4. The highest BCUT2D eigenvalue weighted by atomic mass is 16.1. The second-order valence-corrected chi connectivity index (χ2v) is 7.56. The summed E-state index contributed by atoms with van der Waals surface area (Å²) in [7, 11) is 0. The third kappa shape index (κ3) is 2.74. The Kier molecular flexibility index (Phi) is 3.81. The highest BCUT2D eigenvalue weighted by Crippen LogP contribution is 2.34. The van der Waals surface area contributed by atoms with Crippen molar-refractivity contribution in [2.24, 2.45) is 5.92 Å². The van der Waals surface area contributed by atoms with Crippen molar-refractivity contribution in [1.29, 1.82) is 0 Å². The summed E-state index contributed by atoms with van der Waals surface area (Å²) >= 11 is 0. The lowest BCUT2D eigenvalue weighted by Crippen LogP contribution is -2.39. The number of rotatable bonds is 3. The molecule has 1 aliphatic heterocycles. The SMILES string of the molecule is Nc1cc(N2CCCC(C(=O)c3ccc4c5c(cccc35)CC4)C2)ncn1. The number of carbonyl (C=O) groups is 1. The van der Waals surface area contributed by atoms with Gasteiger partial charge in [-0.1, -0.05) is 30.3 Å². The fourth-order valence-electron chi connectivity index (χ4n) is 4.62. The standard InChI is InChI=1S/C22H22N4O/c23-19-11-20(25-13-24-19)26-10-2-4-16(12-26)22(27)18-9-8-15-7-6-14-3-1-5-17(18)21(14)15/h1,3,5,8-9,11,13,16H,2,4,6-7,10,12H2,(H2,23,24,25). The minimum atomic E-state index is -0.0200. The van der Waals surface area contributed by atoms with Gasteiger partial charge in [-0.3, -0.25) is 4.79 Å². The topological polar surface area (TPSA) is 72.1 Å². The molecule has 1 atom stereocenters. The summed E-state index contributed by atoms with van der Waals surface area (Å²) < 4.78 is 0. The molecule has 5 nitrogen and oxygen atoms in total. The lowest BCUT2D eigenvalue weighted by atomic mass is 9.87.